The lowest BCUT2D eigenvalue weighted by molar-refractivity contribution is -0.129. The first-order valence-electron chi connectivity index (χ1n) is 9.00. The van der Waals surface area contributed by atoms with Crippen LogP contribution in [0.4, 0.5) is 5.69 Å². The van der Waals surface area contributed by atoms with E-state index in [1.165, 1.54) is 0 Å². The Morgan fingerprint density at radius 3 is 2.46 bits per heavy atom. The van der Waals surface area contributed by atoms with Gasteiger partial charge in [-0.2, -0.15) is 0 Å². The molecule has 0 fully saturated rings. The van der Waals surface area contributed by atoms with Crippen LogP contribution in [-0.4, -0.2) is 24.9 Å². The van der Waals surface area contributed by atoms with E-state index in [-0.39, 0.29) is 6.42 Å². The van der Waals surface area contributed by atoms with E-state index in [4.69, 9.17) is 5.21 Å². The van der Waals surface area contributed by atoms with Gasteiger partial charge in [-0.25, -0.2) is 14.7 Å². The fourth-order valence-electron chi connectivity index (χ4n) is 3.14. The highest BCUT2D eigenvalue weighted by Crippen LogP contribution is 2.42. The van der Waals surface area contributed by atoms with E-state index in [0.29, 0.717) is 4.90 Å². The zero-order valence-electron chi connectivity index (χ0n) is 15.6. The Balaban J connectivity index is 0.00000109. The van der Waals surface area contributed by atoms with Crippen molar-refractivity contribution in [2.24, 2.45) is 0 Å². The van der Waals surface area contributed by atoms with Crippen LogP contribution in [0.5, 0.6) is 0 Å². The van der Waals surface area contributed by atoms with Crippen LogP contribution in [0.3, 0.4) is 0 Å². The molecule has 2 heterocycles. The SMILES string of the molecule is CC.O=C(CC1c2ccccc2S(=O)N1c1ccc(-n2ccnc2)cc1)NO. The minimum atomic E-state index is -1.43. The molecule has 0 saturated carbocycles. The molecule has 0 bridgehead atoms. The van der Waals surface area contributed by atoms with Crippen molar-refractivity contribution in [1.29, 1.82) is 0 Å². The summed E-state index contributed by atoms with van der Waals surface area (Å²) in [5.41, 5.74) is 4.15. The van der Waals surface area contributed by atoms with Crippen molar-refractivity contribution in [3.63, 3.8) is 0 Å². The third-order valence-electron chi connectivity index (χ3n) is 4.34. The minimum absolute atomic E-state index is 0.00251. The predicted octanol–water partition coefficient (Wildman–Crippen LogP) is 3.38. The highest BCUT2D eigenvalue weighted by atomic mass is 32.2. The molecule has 2 N–H and O–H groups in total. The van der Waals surface area contributed by atoms with Gasteiger partial charge >= 0.3 is 0 Å². The number of amides is 1. The normalized spacial score (nSPS) is 17.5. The molecular formula is C20H22N4O3S. The van der Waals surface area contributed by atoms with Crippen LogP contribution in [0.25, 0.3) is 5.69 Å². The van der Waals surface area contributed by atoms with Gasteiger partial charge in [0.05, 0.1) is 29.4 Å². The molecule has 8 heteroatoms. The van der Waals surface area contributed by atoms with Gasteiger partial charge in [0.15, 0.2) is 11.0 Å². The van der Waals surface area contributed by atoms with E-state index in [1.54, 1.807) is 28.4 Å². The molecule has 2 aromatic carbocycles. The largest absolute Gasteiger partial charge is 0.306 e. The Kier molecular flexibility index (Phi) is 6.23. The summed E-state index contributed by atoms with van der Waals surface area (Å²) in [6, 6.07) is 14.5. The van der Waals surface area contributed by atoms with Crippen molar-refractivity contribution >= 4 is 22.6 Å². The van der Waals surface area contributed by atoms with Crippen LogP contribution >= 0.6 is 0 Å². The highest BCUT2D eigenvalue weighted by Gasteiger charge is 2.37. The minimum Gasteiger partial charge on any atom is -0.306 e. The van der Waals surface area contributed by atoms with E-state index in [0.717, 1.165) is 16.9 Å². The molecule has 2 atom stereocenters. The summed E-state index contributed by atoms with van der Waals surface area (Å²) in [6.45, 7) is 4.00. The van der Waals surface area contributed by atoms with Gasteiger partial charge in [-0.05, 0) is 35.9 Å². The zero-order chi connectivity index (χ0) is 20.1. The van der Waals surface area contributed by atoms with Crippen molar-refractivity contribution in [2.45, 2.75) is 31.2 Å². The number of nitrogens with one attached hydrogen (secondary N) is 1. The average molecular weight is 398 g/mol. The number of fused-ring (bicyclic) bond motifs is 1. The summed E-state index contributed by atoms with van der Waals surface area (Å²) < 4.78 is 16.6. The van der Waals surface area contributed by atoms with E-state index >= 15 is 0 Å². The van der Waals surface area contributed by atoms with Crippen LogP contribution < -0.4 is 9.79 Å². The first-order chi connectivity index (χ1) is 13.7. The molecule has 1 aromatic heterocycles. The number of anilines is 1. The van der Waals surface area contributed by atoms with E-state index in [1.807, 2.05) is 67.1 Å². The second-order valence-corrected chi connectivity index (χ2v) is 7.19. The van der Waals surface area contributed by atoms with Crippen LogP contribution in [0.2, 0.25) is 0 Å². The molecule has 7 nitrogen and oxygen atoms in total. The number of hydrogen-bond acceptors (Lipinski definition) is 4. The van der Waals surface area contributed by atoms with Gasteiger partial charge in [0.25, 0.3) is 0 Å². The number of carbonyl (C=O) groups excluding carboxylic acids is 1. The molecule has 1 aliphatic heterocycles. The van der Waals surface area contributed by atoms with Gasteiger partial charge < -0.3 is 4.57 Å². The van der Waals surface area contributed by atoms with Gasteiger partial charge in [0.2, 0.25) is 5.91 Å². The Labute approximate surface area is 166 Å². The van der Waals surface area contributed by atoms with Gasteiger partial charge in [-0.3, -0.25) is 14.3 Å². The van der Waals surface area contributed by atoms with Crippen LogP contribution in [0.15, 0.2) is 72.1 Å². The molecule has 1 amide bonds. The molecular weight excluding hydrogens is 376 g/mol. The molecule has 28 heavy (non-hydrogen) atoms. The molecule has 0 aliphatic carbocycles. The lowest BCUT2D eigenvalue weighted by Gasteiger charge is -2.25. The molecule has 2 unspecified atom stereocenters. The standard InChI is InChI=1S/C18H16N4O3S.C2H6/c23-18(20-24)11-16-15-3-1-2-4-17(15)26(25)22(16)14-7-5-13(6-8-14)21-10-9-19-12-21;1-2/h1-10,12,16,24H,11H2,(H,20,23);1-2H3. The Morgan fingerprint density at radius 2 is 1.82 bits per heavy atom. The number of imidazole rings is 1. The quantitative estimate of drug-likeness (QED) is 0.521. The number of rotatable bonds is 4. The molecule has 3 aromatic rings. The first-order valence-corrected chi connectivity index (χ1v) is 10.1. The van der Waals surface area contributed by atoms with Gasteiger partial charge in [0, 0.05) is 18.1 Å². The summed E-state index contributed by atoms with van der Waals surface area (Å²) in [4.78, 5) is 16.5. The second-order valence-electron chi connectivity index (χ2n) is 5.85. The lowest BCUT2D eigenvalue weighted by Crippen LogP contribution is -2.29. The Hall–Kier alpha value is -2.97. The molecule has 0 spiro atoms. The number of carbonyl (C=O) groups is 1. The number of hydrogen-bond donors (Lipinski definition) is 2. The summed E-state index contributed by atoms with van der Waals surface area (Å²) in [5.74, 6) is -0.524. The number of benzene rings is 2. The van der Waals surface area contributed by atoms with E-state index in [2.05, 4.69) is 4.98 Å². The number of hydroxylamine groups is 1. The van der Waals surface area contributed by atoms with E-state index < -0.39 is 22.9 Å². The third kappa shape index (κ3) is 3.69. The van der Waals surface area contributed by atoms with Crippen molar-refractivity contribution in [1.82, 2.24) is 15.0 Å². The maximum atomic E-state index is 13.0. The summed E-state index contributed by atoms with van der Waals surface area (Å²) in [7, 11) is -1.43. The number of nitrogens with zero attached hydrogens (tertiary/aromatic N) is 3. The van der Waals surface area contributed by atoms with Crippen molar-refractivity contribution in [2.75, 3.05) is 4.31 Å². The molecule has 0 radical (unpaired) electrons. The Morgan fingerprint density at radius 1 is 1.14 bits per heavy atom. The zero-order valence-corrected chi connectivity index (χ0v) is 16.5. The average Bonchev–Trinajstić information content (AvgIpc) is 3.38. The second kappa shape index (κ2) is 8.81. The fraction of sp³-hybridized carbons (Fsp3) is 0.200. The summed E-state index contributed by atoms with van der Waals surface area (Å²) in [6.07, 6.45) is 5.24. The maximum absolute atomic E-state index is 13.0. The fourth-order valence-corrected chi connectivity index (χ4v) is 4.68. The van der Waals surface area contributed by atoms with Gasteiger partial charge in [0.1, 0.15) is 0 Å². The van der Waals surface area contributed by atoms with Crippen molar-refractivity contribution in [3.8, 4) is 5.69 Å². The van der Waals surface area contributed by atoms with Gasteiger partial charge in [-0.1, -0.05) is 32.0 Å². The van der Waals surface area contributed by atoms with Crippen LogP contribution in [-0.2, 0) is 15.8 Å². The molecule has 4 rings (SSSR count). The predicted molar refractivity (Wildman–Crippen MR) is 108 cm³/mol. The van der Waals surface area contributed by atoms with Gasteiger partial charge in [-0.15, -0.1) is 0 Å². The summed E-state index contributed by atoms with van der Waals surface area (Å²) >= 11 is 0. The van der Waals surface area contributed by atoms with E-state index in [9.17, 15) is 9.00 Å². The number of aromatic nitrogens is 2. The summed E-state index contributed by atoms with van der Waals surface area (Å²) in [5, 5.41) is 8.91. The van der Waals surface area contributed by atoms with Crippen LogP contribution in [0.1, 0.15) is 31.9 Å². The van der Waals surface area contributed by atoms with Crippen LogP contribution in [0, 0.1) is 0 Å². The maximum Gasteiger partial charge on any atom is 0.245 e. The highest BCUT2D eigenvalue weighted by molar-refractivity contribution is 7.87. The first kappa shape index (κ1) is 19.8. The molecule has 0 saturated heterocycles. The monoisotopic (exact) mass is 398 g/mol. The van der Waals surface area contributed by atoms with Crippen molar-refractivity contribution in [3.05, 3.63) is 72.8 Å². The topological polar surface area (TPSA) is 87.5 Å². The molecule has 146 valence electrons. The Bertz CT molecular complexity index is 958. The van der Waals surface area contributed by atoms with Crippen molar-refractivity contribution < 1.29 is 14.2 Å². The lowest BCUT2D eigenvalue weighted by atomic mass is 10.0. The third-order valence-corrected chi connectivity index (χ3v) is 5.91. The smallest absolute Gasteiger partial charge is 0.245 e. The molecule has 1 aliphatic rings.